The lowest BCUT2D eigenvalue weighted by Gasteiger charge is -2.33. The molecular weight excluding hydrogens is 340 g/mol. The molecule has 0 aliphatic carbocycles. The highest BCUT2D eigenvalue weighted by Gasteiger charge is 2.48. The van der Waals surface area contributed by atoms with Crippen LogP contribution in [0.15, 0.2) is 53.0 Å². The average molecular weight is 355 g/mol. The van der Waals surface area contributed by atoms with E-state index in [1.54, 1.807) is 4.90 Å². The molecule has 3 rings (SSSR count). The third-order valence-electron chi connectivity index (χ3n) is 4.13. The Bertz CT molecular complexity index is 746. The van der Waals surface area contributed by atoms with Gasteiger partial charge in [0.1, 0.15) is 0 Å². The van der Waals surface area contributed by atoms with Crippen molar-refractivity contribution in [2.45, 2.75) is 25.3 Å². The molecule has 0 aromatic heterocycles. The standard InChI is InChI=1S/C18H15BrN2O/c1-13-2-8-16(9-3-13)21-17(22)10-11-18(21,12-20)14-4-6-15(19)7-5-14/h2-9H,10-11H2,1H3. The van der Waals surface area contributed by atoms with Crippen molar-refractivity contribution in [3.05, 3.63) is 64.1 Å². The van der Waals surface area contributed by atoms with Crippen molar-refractivity contribution >= 4 is 27.5 Å². The molecule has 1 heterocycles. The summed E-state index contributed by atoms with van der Waals surface area (Å²) in [6.45, 7) is 2.00. The van der Waals surface area contributed by atoms with E-state index in [0.29, 0.717) is 12.8 Å². The van der Waals surface area contributed by atoms with E-state index < -0.39 is 5.54 Å². The molecule has 1 unspecified atom stereocenters. The smallest absolute Gasteiger partial charge is 0.228 e. The molecule has 0 radical (unpaired) electrons. The van der Waals surface area contributed by atoms with Crippen LogP contribution in [0.5, 0.6) is 0 Å². The van der Waals surface area contributed by atoms with Crippen LogP contribution >= 0.6 is 15.9 Å². The first-order valence-electron chi connectivity index (χ1n) is 7.14. The number of nitrogens with zero attached hydrogens (tertiary/aromatic N) is 2. The lowest BCUT2D eigenvalue weighted by molar-refractivity contribution is -0.117. The van der Waals surface area contributed by atoms with Gasteiger partial charge < -0.3 is 0 Å². The minimum absolute atomic E-state index is 0.00618. The Morgan fingerprint density at radius 1 is 1.14 bits per heavy atom. The van der Waals surface area contributed by atoms with E-state index in [9.17, 15) is 10.1 Å². The number of carbonyl (C=O) groups excluding carboxylic acids is 1. The van der Waals surface area contributed by atoms with Gasteiger partial charge in [0.25, 0.3) is 0 Å². The summed E-state index contributed by atoms with van der Waals surface area (Å²) in [5.41, 5.74) is 1.83. The van der Waals surface area contributed by atoms with Gasteiger partial charge in [-0.25, -0.2) is 0 Å². The molecule has 3 nitrogen and oxygen atoms in total. The third-order valence-corrected chi connectivity index (χ3v) is 4.66. The maximum absolute atomic E-state index is 12.4. The summed E-state index contributed by atoms with van der Waals surface area (Å²) in [6.07, 6.45) is 0.898. The molecule has 0 saturated carbocycles. The van der Waals surface area contributed by atoms with Crippen LogP contribution in [0, 0.1) is 18.3 Å². The molecule has 2 aromatic carbocycles. The van der Waals surface area contributed by atoms with Crippen LogP contribution in [0.3, 0.4) is 0 Å². The van der Waals surface area contributed by atoms with Crippen molar-refractivity contribution in [1.82, 2.24) is 0 Å². The van der Waals surface area contributed by atoms with Gasteiger partial charge in [-0.1, -0.05) is 45.8 Å². The van der Waals surface area contributed by atoms with Gasteiger partial charge in [0.2, 0.25) is 5.91 Å². The molecule has 0 N–H and O–H groups in total. The largest absolute Gasteiger partial charge is 0.289 e. The number of carbonyl (C=O) groups is 1. The number of rotatable bonds is 2. The van der Waals surface area contributed by atoms with Gasteiger partial charge in [0, 0.05) is 16.6 Å². The summed E-state index contributed by atoms with van der Waals surface area (Å²) in [5, 5.41) is 9.89. The molecule has 1 atom stereocenters. The first-order valence-corrected chi connectivity index (χ1v) is 7.93. The molecule has 0 bridgehead atoms. The Morgan fingerprint density at radius 3 is 2.36 bits per heavy atom. The predicted molar refractivity (Wildman–Crippen MR) is 89.3 cm³/mol. The minimum Gasteiger partial charge on any atom is -0.289 e. The number of aryl methyl sites for hydroxylation is 1. The van der Waals surface area contributed by atoms with Crippen LogP contribution in [0.25, 0.3) is 0 Å². The number of anilines is 1. The summed E-state index contributed by atoms with van der Waals surface area (Å²) in [7, 11) is 0. The fourth-order valence-corrected chi connectivity index (χ4v) is 3.22. The number of halogens is 1. The number of hydrogen-bond acceptors (Lipinski definition) is 2. The van der Waals surface area contributed by atoms with Gasteiger partial charge in [-0.15, -0.1) is 0 Å². The van der Waals surface area contributed by atoms with Crippen molar-refractivity contribution in [1.29, 1.82) is 5.26 Å². The normalized spacial score (nSPS) is 21.0. The summed E-state index contributed by atoms with van der Waals surface area (Å²) in [5.74, 6) is -0.00618. The Balaban J connectivity index is 2.13. The zero-order valence-corrected chi connectivity index (χ0v) is 13.8. The number of hydrogen-bond donors (Lipinski definition) is 0. The van der Waals surface area contributed by atoms with Crippen molar-refractivity contribution in [3.63, 3.8) is 0 Å². The Hall–Kier alpha value is -2.12. The fourth-order valence-electron chi connectivity index (χ4n) is 2.95. The van der Waals surface area contributed by atoms with Crippen LogP contribution in [0.4, 0.5) is 5.69 Å². The molecule has 4 heteroatoms. The van der Waals surface area contributed by atoms with Crippen LogP contribution < -0.4 is 4.90 Å². The van der Waals surface area contributed by atoms with E-state index in [4.69, 9.17) is 0 Å². The molecule has 110 valence electrons. The predicted octanol–water partition coefficient (Wildman–Crippen LogP) is 4.30. The third kappa shape index (κ3) is 2.32. The highest BCUT2D eigenvalue weighted by Crippen LogP contribution is 2.42. The van der Waals surface area contributed by atoms with Crippen molar-refractivity contribution in [2.24, 2.45) is 0 Å². The lowest BCUT2D eigenvalue weighted by atomic mass is 9.88. The monoisotopic (exact) mass is 354 g/mol. The van der Waals surface area contributed by atoms with Crippen molar-refractivity contribution in [3.8, 4) is 6.07 Å². The van der Waals surface area contributed by atoms with E-state index in [1.165, 1.54) is 0 Å². The second-order valence-electron chi connectivity index (χ2n) is 5.54. The quantitative estimate of drug-likeness (QED) is 0.806. The van der Waals surface area contributed by atoms with Gasteiger partial charge in [-0.05, 0) is 43.2 Å². The molecule has 1 saturated heterocycles. The van der Waals surface area contributed by atoms with E-state index in [-0.39, 0.29) is 5.91 Å². The first kappa shape index (κ1) is 14.8. The average Bonchev–Trinajstić information content (AvgIpc) is 2.87. The summed E-state index contributed by atoms with van der Waals surface area (Å²) >= 11 is 3.41. The van der Waals surface area contributed by atoms with Gasteiger partial charge in [-0.3, -0.25) is 9.69 Å². The van der Waals surface area contributed by atoms with Gasteiger partial charge in [-0.2, -0.15) is 5.26 Å². The van der Waals surface area contributed by atoms with Crippen LogP contribution in [0.1, 0.15) is 24.0 Å². The van der Waals surface area contributed by atoms with Gasteiger partial charge >= 0.3 is 0 Å². The fraction of sp³-hybridized carbons (Fsp3) is 0.222. The molecule has 1 aliphatic heterocycles. The topological polar surface area (TPSA) is 44.1 Å². The van der Waals surface area contributed by atoms with E-state index in [2.05, 4.69) is 22.0 Å². The molecule has 1 aliphatic rings. The Morgan fingerprint density at radius 2 is 1.77 bits per heavy atom. The van der Waals surface area contributed by atoms with Crippen molar-refractivity contribution < 1.29 is 4.79 Å². The minimum atomic E-state index is -0.924. The molecule has 22 heavy (non-hydrogen) atoms. The zero-order chi connectivity index (χ0) is 15.7. The zero-order valence-electron chi connectivity index (χ0n) is 12.2. The number of amides is 1. The van der Waals surface area contributed by atoms with Gasteiger partial charge in [0.15, 0.2) is 5.54 Å². The van der Waals surface area contributed by atoms with Gasteiger partial charge in [0.05, 0.1) is 6.07 Å². The number of nitriles is 1. The highest BCUT2D eigenvalue weighted by molar-refractivity contribution is 9.10. The number of benzene rings is 2. The Labute approximate surface area is 138 Å². The van der Waals surface area contributed by atoms with Crippen LogP contribution in [-0.4, -0.2) is 5.91 Å². The van der Waals surface area contributed by atoms with Crippen LogP contribution in [0.2, 0.25) is 0 Å². The molecule has 1 fully saturated rings. The molecule has 2 aromatic rings. The summed E-state index contributed by atoms with van der Waals surface area (Å²) in [4.78, 5) is 14.1. The van der Waals surface area contributed by atoms with Crippen molar-refractivity contribution in [2.75, 3.05) is 4.90 Å². The maximum atomic E-state index is 12.4. The van der Waals surface area contributed by atoms with E-state index in [1.807, 2.05) is 55.5 Å². The second-order valence-corrected chi connectivity index (χ2v) is 6.46. The summed E-state index contributed by atoms with van der Waals surface area (Å²) < 4.78 is 0.954. The highest BCUT2D eigenvalue weighted by atomic mass is 79.9. The van der Waals surface area contributed by atoms with E-state index in [0.717, 1.165) is 21.3 Å². The maximum Gasteiger partial charge on any atom is 0.228 e. The molecule has 0 spiro atoms. The molecule has 1 amide bonds. The molecular formula is C18H15BrN2O. The SMILES string of the molecule is Cc1ccc(N2C(=O)CCC2(C#N)c2ccc(Br)cc2)cc1. The second kappa shape index (κ2) is 5.58. The summed E-state index contributed by atoms with van der Waals surface area (Å²) in [6, 6.07) is 17.8. The van der Waals surface area contributed by atoms with Crippen LogP contribution in [-0.2, 0) is 10.3 Å². The lowest BCUT2D eigenvalue weighted by Crippen LogP contribution is -2.42. The first-order chi connectivity index (χ1) is 10.6. The van der Waals surface area contributed by atoms with E-state index >= 15 is 0 Å². The Kier molecular flexibility index (Phi) is 3.76.